The third kappa shape index (κ3) is 0.789. The number of nitrogens with zero attached hydrogens (tertiary/aromatic N) is 1. The molecule has 1 saturated carbocycles. The van der Waals surface area contributed by atoms with Crippen LogP contribution in [0.2, 0.25) is 0 Å². The van der Waals surface area contributed by atoms with Crippen molar-refractivity contribution < 1.29 is 0 Å². The first kappa shape index (κ1) is 6.62. The van der Waals surface area contributed by atoms with E-state index in [0.29, 0.717) is 6.17 Å². The molecule has 1 aliphatic heterocycles. The lowest BCUT2D eigenvalue weighted by Gasteiger charge is -2.19. The zero-order chi connectivity index (χ0) is 7.14. The van der Waals surface area contributed by atoms with Crippen LogP contribution in [-0.4, -0.2) is 30.2 Å². The molecule has 2 fully saturated rings. The van der Waals surface area contributed by atoms with Crippen LogP contribution in [0.3, 0.4) is 0 Å². The quantitative estimate of drug-likeness (QED) is 0.535. The molecule has 2 aliphatic rings. The third-order valence-corrected chi connectivity index (χ3v) is 3.07. The highest BCUT2D eigenvalue weighted by Gasteiger charge is 2.38. The largest absolute Gasteiger partial charge is 0.298 e. The molecule has 1 N–H and O–H groups in total. The van der Waals surface area contributed by atoms with Gasteiger partial charge in [0.15, 0.2) is 0 Å². The standard InChI is InChI=1S/C8H16N2/c1-6-9-7-4-3-5-8(7)10(6)2/h6-9H,3-5H2,1-2H3. The number of nitrogens with one attached hydrogen (secondary N) is 1. The Labute approximate surface area is 62.6 Å². The van der Waals surface area contributed by atoms with E-state index in [-0.39, 0.29) is 0 Å². The van der Waals surface area contributed by atoms with Gasteiger partial charge in [0.2, 0.25) is 0 Å². The van der Waals surface area contributed by atoms with Crippen molar-refractivity contribution in [3.8, 4) is 0 Å². The van der Waals surface area contributed by atoms with E-state index in [9.17, 15) is 0 Å². The highest BCUT2D eigenvalue weighted by molar-refractivity contribution is 4.96. The minimum Gasteiger partial charge on any atom is -0.298 e. The van der Waals surface area contributed by atoms with Crippen LogP contribution in [0, 0.1) is 0 Å². The average molecular weight is 140 g/mol. The van der Waals surface area contributed by atoms with Gasteiger partial charge in [0.25, 0.3) is 0 Å². The highest BCUT2D eigenvalue weighted by atomic mass is 15.4. The Kier molecular flexibility index (Phi) is 1.46. The second-order valence-electron chi connectivity index (χ2n) is 3.61. The van der Waals surface area contributed by atoms with Crippen LogP contribution in [0.25, 0.3) is 0 Å². The Balaban J connectivity index is 2.09. The van der Waals surface area contributed by atoms with Crippen molar-refractivity contribution in [2.75, 3.05) is 7.05 Å². The van der Waals surface area contributed by atoms with Gasteiger partial charge >= 0.3 is 0 Å². The van der Waals surface area contributed by atoms with E-state index in [0.717, 1.165) is 12.1 Å². The van der Waals surface area contributed by atoms with Gasteiger partial charge in [-0.05, 0) is 26.8 Å². The van der Waals surface area contributed by atoms with E-state index in [4.69, 9.17) is 0 Å². The number of hydrogen-bond acceptors (Lipinski definition) is 2. The molecule has 0 aromatic heterocycles. The number of fused-ring (bicyclic) bond motifs is 1. The van der Waals surface area contributed by atoms with Crippen LogP contribution in [0.5, 0.6) is 0 Å². The molecule has 2 nitrogen and oxygen atoms in total. The molecule has 0 spiro atoms. The number of likely N-dealkylation sites (N-methyl/N-ethyl adjacent to an activating group) is 1. The lowest BCUT2D eigenvalue weighted by Crippen LogP contribution is -2.32. The predicted molar refractivity (Wildman–Crippen MR) is 41.8 cm³/mol. The molecule has 3 atom stereocenters. The molecule has 1 heterocycles. The van der Waals surface area contributed by atoms with Crippen molar-refractivity contribution >= 4 is 0 Å². The Hall–Kier alpha value is -0.0800. The Morgan fingerprint density at radius 3 is 2.90 bits per heavy atom. The molecule has 1 aliphatic carbocycles. The first-order valence-corrected chi connectivity index (χ1v) is 4.27. The maximum atomic E-state index is 3.59. The summed E-state index contributed by atoms with van der Waals surface area (Å²) in [7, 11) is 2.23. The van der Waals surface area contributed by atoms with Crippen molar-refractivity contribution in [1.82, 2.24) is 10.2 Å². The zero-order valence-corrected chi connectivity index (χ0v) is 6.80. The van der Waals surface area contributed by atoms with Crippen LogP contribution < -0.4 is 5.32 Å². The highest BCUT2D eigenvalue weighted by Crippen LogP contribution is 2.29. The molecule has 0 bridgehead atoms. The van der Waals surface area contributed by atoms with Gasteiger partial charge in [-0.1, -0.05) is 6.42 Å². The fourth-order valence-corrected chi connectivity index (χ4v) is 2.34. The van der Waals surface area contributed by atoms with Gasteiger partial charge in [-0.15, -0.1) is 0 Å². The van der Waals surface area contributed by atoms with Crippen molar-refractivity contribution in [2.24, 2.45) is 0 Å². The molecule has 10 heavy (non-hydrogen) atoms. The monoisotopic (exact) mass is 140 g/mol. The molecule has 2 rings (SSSR count). The molecular formula is C8H16N2. The van der Waals surface area contributed by atoms with Gasteiger partial charge in [0.05, 0.1) is 6.17 Å². The molecule has 3 unspecified atom stereocenters. The second-order valence-corrected chi connectivity index (χ2v) is 3.61. The van der Waals surface area contributed by atoms with Crippen LogP contribution in [0.15, 0.2) is 0 Å². The molecule has 0 radical (unpaired) electrons. The minimum absolute atomic E-state index is 0.607. The van der Waals surface area contributed by atoms with Crippen molar-refractivity contribution in [2.45, 2.75) is 44.4 Å². The SMILES string of the molecule is CC1NC2CCCC2N1C. The van der Waals surface area contributed by atoms with Gasteiger partial charge in [-0.3, -0.25) is 10.2 Å². The van der Waals surface area contributed by atoms with Crippen LogP contribution >= 0.6 is 0 Å². The summed E-state index contributed by atoms with van der Waals surface area (Å²) >= 11 is 0. The lowest BCUT2D eigenvalue weighted by molar-refractivity contribution is 0.245. The normalized spacial score (nSPS) is 48.0. The fourth-order valence-electron chi connectivity index (χ4n) is 2.34. The Morgan fingerprint density at radius 1 is 1.40 bits per heavy atom. The Bertz CT molecular complexity index is 133. The molecule has 58 valence electrons. The van der Waals surface area contributed by atoms with E-state index in [1.165, 1.54) is 19.3 Å². The smallest absolute Gasteiger partial charge is 0.0571 e. The maximum Gasteiger partial charge on any atom is 0.0571 e. The fraction of sp³-hybridized carbons (Fsp3) is 1.00. The first-order chi connectivity index (χ1) is 4.79. The van der Waals surface area contributed by atoms with Gasteiger partial charge < -0.3 is 0 Å². The Morgan fingerprint density at radius 2 is 2.20 bits per heavy atom. The molecule has 2 heteroatoms. The topological polar surface area (TPSA) is 15.3 Å². The summed E-state index contributed by atoms with van der Waals surface area (Å²) < 4.78 is 0. The number of hydrogen-bond donors (Lipinski definition) is 1. The minimum atomic E-state index is 0.607. The summed E-state index contributed by atoms with van der Waals surface area (Å²) in [6.45, 7) is 2.25. The van der Waals surface area contributed by atoms with E-state index >= 15 is 0 Å². The summed E-state index contributed by atoms with van der Waals surface area (Å²) in [5.41, 5.74) is 0. The van der Waals surface area contributed by atoms with E-state index < -0.39 is 0 Å². The average Bonchev–Trinajstić information content (AvgIpc) is 2.41. The molecule has 0 aromatic carbocycles. The summed E-state index contributed by atoms with van der Waals surface area (Å²) in [6.07, 6.45) is 4.81. The van der Waals surface area contributed by atoms with Crippen molar-refractivity contribution in [3.05, 3.63) is 0 Å². The zero-order valence-electron chi connectivity index (χ0n) is 6.80. The van der Waals surface area contributed by atoms with Gasteiger partial charge in [0.1, 0.15) is 0 Å². The van der Waals surface area contributed by atoms with Crippen LogP contribution in [0.1, 0.15) is 26.2 Å². The van der Waals surface area contributed by atoms with Gasteiger partial charge in [-0.25, -0.2) is 0 Å². The molecular weight excluding hydrogens is 124 g/mol. The molecule has 0 aromatic rings. The van der Waals surface area contributed by atoms with Crippen molar-refractivity contribution in [3.63, 3.8) is 0 Å². The summed E-state index contributed by atoms with van der Waals surface area (Å²) in [6, 6.07) is 1.65. The second kappa shape index (κ2) is 2.21. The number of rotatable bonds is 0. The van der Waals surface area contributed by atoms with E-state index in [1.807, 2.05) is 0 Å². The van der Waals surface area contributed by atoms with Gasteiger partial charge in [-0.2, -0.15) is 0 Å². The molecule has 0 amide bonds. The van der Waals surface area contributed by atoms with Crippen LogP contribution in [0.4, 0.5) is 0 Å². The summed E-state index contributed by atoms with van der Waals surface area (Å²) in [5, 5.41) is 3.59. The summed E-state index contributed by atoms with van der Waals surface area (Å²) in [5.74, 6) is 0. The van der Waals surface area contributed by atoms with Gasteiger partial charge in [0, 0.05) is 12.1 Å². The van der Waals surface area contributed by atoms with E-state index in [1.54, 1.807) is 0 Å². The lowest BCUT2D eigenvalue weighted by atomic mass is 10.2. The first-order valence-electron chi connectivity index (χ1n) is 4.27. The predicted octanol–water partition coefficient (Wildman–Crippen LogP) is 0.788. The third-order valence-electron chi connectivity index (χ3n) is 3.07. The van der Waals surface area contributed by atoms with E-state index in [2.05, 4.69) is 24.2 Å². The maximum absolute atomic E-state index is 3.59. The summed E-state index contributed by atoms with van der Waals surface area (Å²) in [4.78, 5) is 2.47. The van der Waals surface area contributed by atoms with Crippen LogP contribution in [-0.2, 0) is 0 Å². The molecule has 1 saturated heterocycles. The van der Waals surface area contributed by atoms with Crippen molar-refractivity contribution in [1.29, 1.82) is 0 Å².